The molecule has 4 nitrogen and oxygen atoms in total. The van der Waals surface area contributed by atoms with Gasteiger partial charge in [0.05, 0.1) is 18.6 Å². The lowest BCUT2D eigenvalue weighted by Crippen LogP contribution is -2.35. The third kappa shape index (κ3) is 1.04. The van der Waals surface area contributed by atoms with Crippen LogP contribution in [0, 0.1) is 22.2 Å². The molecule has 0 bridgehead atoms. The molecule has 4 heteroatoms. The number of carbonyl (C=O) groups is 2. The summed E-state index contributed by atoms with van der Waals surface area (Å²) in [7, 11) is 0. The van der Waals surface area contributed by atoms with E-state index >= 15 is 0 Å². The highest BCUT2D eigenvalue weighted by Gasteiger charge is 2.82. The Morgan fingerprint density at radius 1 is 1.32 bits per heavy atom. The van der Waals surface area contributed by atoms with E-state index in [9.17, 15) is 14.7 Å². The van der Waals surface area contributed by atoms with Crippen molar-refractivity contribution in [2.75, 3.05) is 13.2 Å². The summed E-state index contributed by atoms with van der Waals surface area (Å²) in [5, 5.41) is 9.79. The number of aliphatic hydroxyl groups excluding tert-OH is 1. The van der Waals surface area contributed by atoms with Crippen molar-refractivity contribution in [3.63, 3.8) is 0 Å². The van der Waals surface area contributed by atoms with E-state index in [0.717, 1.165) is 24.0 Å². The molecule has 3 atom stereocenters. The fourth-order valence-electron chi connectivity index (χ4n) is 4.86. The highest BCUT2D eigenvalue weighted by molar-refractivity contribution is 6.05. The molecule has 0 radical (unpaired) electrons. The molecular formula is C15H18O4. The van der Waals surface area contributed by atoms with Gasteiger partial charge < -0.3 is 9.84 Å². The smallest absolute Gasteiger partial charge is 0.313 e. The lowest BCUT2D eigenvalue weighted by Gasteiger charge is -2.30. The van der Waals surface area contributed by atoms with Crippen LogP contribution in [-0.2, 0) is 14.3 Å². The maximum Gasteiger partial charge on any atom is 0.313 e. The van der Waals surface area contributed by atoms with Crippen molar-refractivity contribution in [3.8, 4) is 0 Å². The van der Waals surface area contributed by atoms with E-state index in [-0.39, 0.29) is 35.1 Å². The maximum atomic E-state index is 12.6. The Labute approximate surface area is 111 Å². The largest absolute Gasteiger partial charge is 0.465 e. The van der Waals surface area contributed by atoms with Gasteiger partial charge in [-0.25, -0.2) is 0 Å². The molecule has 102 valence electrons. The van der Waals surface area contributed by atoms with Gasteiger partial charge in [0, 0.05) is 22.3 Å². The average Bonchev–Trinajstić information content (AvgIpc) is 2.87. The van der Waals surface area contributed by atoms with Crippen molar-refractivity contribution >= 4 is 11.8 Å². The van der Waals surface area contributed by atoms with Gasteiger partial charge in [0.2, 0.25) is 0 Å². The minimum Gasteiger partial charge on any atom is -0.465 e. The van der Waals surface area contributed by atoms with Gasteiger partial charge in [-0.15, -0.1) is 0 Å². The molecule has 1 N–H and O–H groups in total. The second kappa shape index (κ2) is 2.95. The molecule has 4 aliphatic rings. The predicted molar refractivity (Wildman–Crippen MR) is 66.1 cm³/mol. The third-order valence-corrected chi connectivity index (χ3v) is 5.91. The van der Waals surface area contributed by atoms with Crippen LogP contribution < -0.4 is 0 Å². The lowest BCUT2D eigenvalue weighted by molar-refractivity contribution is -0.144. The maximum absolute atomic E-state index is 12.6. The fourth-order valence-corrected chi connectivity index (χ4v) is 4.86. The molecule has 1 saturated carbocycles. The van der Waals surface area contributed by atoms with Crippen molar-refractivity contribution in [1.29, 1.82) is 0 Å². The first-order chi connectivity index (χ1) is 8.88. The standard InChI is InChI=1S/C15H18O4/c1-13(2)3-8-4-14-6-15(14,7-19-12(14)18)9(5-16)10(8)11(13)17/h9,16H,3-7H2,1-2H3/t9-,14?,15?/m0/s1. The van der Waals surface area contributed by atoms with E-state index in [0.29, 0.717) is 13.0 Å². The Morgan fingerprint density at radius 3 is 2.74 bits per heavy atom. The van der Waals surface area contributed by atoms with Crippen molar-refractivity contribution in [3.05, 3.63) is 11.1 Å². The van der Waals surface area contributed by atoms with Gasteiger partial charge in [-0.1, -0.05) is 19.4 Å². The van der Waals surface area contributed by atoms with Crippen molar-refractivity contribution in [1.82, 2.24) is 0 Å². The van der Waals surface area contributed by atoms with E-state index in [1.165, 1.54) is 0 Å². The highest BCUT2D eigenvalue weighted by atomic mass is 16.5. The first-order valence-electron chi connectivity index (χ1n) is 6.93. The summed E-state index contributed by atoms with van der Waals surface area (Å²) in [5.74, 6) is -0.151. The summed E-state index contributed by atoms with van der Waals surface area (Å²) >= 11 is 0. The number of Topliss-reactive ketones (excluding diaryl/α,β-unsaturated/α-hetero) is 1. The number of cyclic esters (lactones) is 1. The quantitative estimate of drug-likeness (QED) is 0.722. The van der Waals surface area contributed by atoms with Crippen LogP contribution in [0.4, 0.5) is 0 Å². The number of aliphatic hydroxyl groups is 1. The van der Waals surface area contributed by atoms with Crippen LogP contribution in [-0.4, -0.2) is 30.1 Å². The molecule has 2 unspecified atom stereocenters. The number of hydrogen-bond donors (Lipinski definition) is 1. The van der Waals surface area contributed by atoms with Gasteiger partial charge in [-0.05, 0) is 19.3 Å². The molecule has 19 heavy (non-hydrogen) atoms. The summed E-state index contributed by atoms with van der Waals surface area (Å²) < 4.78 is 5.24. The first kappa shape index (κ1) is 11.6. The molecule has 0 amide bonds. The Hall–Kier alpha value is -1.16. The zero-order chi connectivity index (χ0) is 13.6. The van der Waals surface area contributed by atoms with Crippen LogP contribution in [0.25, 0.3) is 0 Å². The van der Waals surface area contributed by atoms with Crippen molar-refractivity contribution in [2.24, 2.45) is 22.2 Å². The molecule has 1 heterocycles. The number of hydrogen-bond acceptors (Lipinski definition) is 4. The van der Waals surface area contributed by atoms with E-state index in [1.807, 2.05) is 13.8 Å². The van der Waals surface area contributed by atoms with Gasteiger partial charge in [-0.2, -0.15) is 0 Å². The Bertz CT molecular complexity index is 558. The monoisotopic (exact) mass is 262 g/mol. The van der Waals surface area contributed by atoms with Crippen LogP contribution in [0.15, 0.2) is 11.1 Å². The van der Waals surface area contributed by atoms with Gasteiger partial charge in [0.25, 0.3) is 0 Å². The lowest BCUT2D eigenvalue weighted by atomic mass is 9.71. The third-order valence-electron chi connectivity index (χ3n) is 5.91. The Balaban J connectivity index is 1.85. The van der Waals surface area contributed by atoms with Gasteiger partial charge >= 0.3 is 5.97 Å². The molecule has 4 rings (SSSR count). The molecule has 1 saturated heterocycles. The number of ether oxygens (including phenoxy) is 1. The summed E-state index contributed by atoms with van der Waals surface area (Å²) in [4.78, 5) is 24.6. The van der Waals surface area contributed by atoms with Crippen molar-refractivity contribution < 1.29 is 19.4 Å². The fraction of sp³-hybridized carbons (Fsp3) is 0.733. The van der Waals surface area contributed by atoms with Crippen LogP contribution in [0.2, 0.25) is 0 Å². The van der Waals surface area contributed by atoms with Crippen LogP contribution in [0.1, 0.15) is 33.1 Å². The zero-order valence-electron chi connectivity index (χ0n) is 11.3. The molecule has 3 aliphatic carbocycles. The highest BCUT2D eigenvalue weighted by Crippen LogP contribution is 2.78. The molecule has 0 aromatic rings. The molecule has 0 spiro atoms. The van der Waals surface area contributed by atoms with Gasteiger partial charge in [0.15, 0.2) is 5.78 Å². The van der Waals surface area contributed by atoms with Gasteiger partial charge in [0.1, 0.15) is 0 Å². The number of esters is 1. The molecule has 0 aromatic heterocycles. The van der Waals surface area contributed by atoms with Crippen molar-refractivity contribution in [2.45, 2.75) is 33.1 Å². The van der Waals surface area contributed by atoms with E-state index in [2.05, 4.69) is 0 Å². The molecule has 1 aliphatic heterocycles. The molecule has 2 fully saturated rings. The van der Waals surface area contributed by atoms with Crippen LogP contribution >= 0.6 is 0 Å². The topological polar surface area (TPSA) is 63.6 Å². The number of rotatable bonds is 1. The number of ketones is 1. The summed E-state index contributed by atoms with van der Waals surface area (Å²) in [5.41, 5.74) is 0.841. The van der Waals surface area contributed by atoms with Crippen LogP contribution in [0.3, 0.4) is 0 Å². The number of allylic oxidation sites excluding steroid dienone is 1. The predicted octanol–water partition coefficient (Wildman–Crippen LogP) is 1.23. The second-order valence-electron chi connectivity index (χ2n) is 7.31. The van der Waals surface area contributed by atoms with Crippen LogP contribution in [0.5, 0.6) is 0 Å². The van der Waals surface area contributed by atoms with E-state index in [1.54, 1.807) is 0 Å². The summed E-state index contributed by atoms with van der Waals surface area (Å²) in [6.45, 7) is 4.23. The number of carbonyl (C=O) groups excluding carboxylic acids is 2. The molecule has 0 aromatic carbocycles. The minimum atomic E-state index is -0.417. The SMILES string of the molecule is CC1(C)CC2=C(C1=O)[C@H](CO)C13COC(=O)C1(C2)C3. The Morgan fingerprint density at radius 2 is 2.05 bits per heavy atom. The Kier molecular flexibility index (Phi) is 1.81. The zero-order valence-corrected chi connectivity index (χ0v) is 11.3. The minimum absolute atomic E-state index is 0.0565. The normalized spacial score (nSPS) is 45.7. The average molecular weight is 262 g/mol. The van der Waals surface area contributed by atoms with E-state index in [4.69, 9.17) is 4.74 Å². The second-order valence-corrected chi connectivity index (χ2v) is 7.31. The summed E-state index contributed by atoms with van der Waals surface area (Å²) in [6, 6.07) is 0. The van der Waals surface area contributed by atoms with E-state index < -0.39 is 5.41 Å². The first-order valence-corrected chi connectivity index (χ1v) is 6.93. The molecular weight excluding hydrogens is 244 g/mol. The van der Waals surface area contributed by atoms with Gasteiger partial charge in [-0.3, -0.25) is 9.59 Å². The summed E-state index contributed by atoms with van der Waals surface area (Å²) in [6.07, 6.45) is 2.18.